The predicted octanol–water partition coefficient (Wildman–Crippen LogP) is 5.74. The summed E-state index contributed by atoms with van der Waals surface area (Å²) in [6, 6.07) is 0. The van der Waals surface area contributed by atoms with E-state index in [0.717, 1.165) is 37.0 Å². The summed E-state index contributed by atoms with van der Waals surface area (Å²) in [5, 5.41) is 0. The lowest BCUT2D eigenvalue weighted by atomic mass is 9.47. The molecule has 0 aromatic heterocycles. The molecule has 140 valence electrons. The number of hydrogen-bond donors (Lipinski definition) is 0. The van der Waals surface area contributed by atoms with Crippen LogP contribution in [-0.2, 0) is 9.22 Å². The van der Waals surface area contributed by atoms with Gasteiger partial charge in [-0.15, -0.1) is 0 Å². The van der Waals surface area contributed by atoms with Gasteiger partial charge in [0.1, 0.15) is 0 Å². The lowest BCUT2D eigenvalue weighted by Crippen LogP contribution is -2.52. The van der Waals surface area contributed by atoms with Crippen molar-refractivity contribution in [2.75, 3.05) is 0 Å². The van der Waals surface area contributed by atoms with Crippen LogP contribution >= 0.6 is 0 Å². The van der Waals surface area contributed by atoms with Gasteiger partial charge in [0.15, 0.2) is 14.1 Å². The zero-order chi connectivity index (χ0) is 18.0. The first-order valence-electron chi connectivity index (χ1n) is 10.6. The third-order valence-corrected chi connectivity index (χ3v) is 9.36. The van der Waals surface area contributed by atoms with E-state index in [1.165, 1.54) is 37.7 Å². The van der Waals surface area contributed by atoms with Crippen LogP contribution in [-0.4, -0.2) is 20.2 Å². The largest absolute Gasteiger partial charge is 0.414 e. The lowest BCUT2D eigenvalue weighted by molar-refractivity contribution is -0.117. The number of carbonyl (C=O) groups excluding carboxylic acids is 1. The molecule has 25 heavy (non-hydrogen) atoms. The van der Waals surface area contributed by atoms with Crippen molar-refractivity contribution in [3.8, 4) is 0 Å². The molecular weight excluding hydrogens is 324 g/mol. The van der Waals surface area contributed by atoms with Gasteiger partial charge in [-0.2, -0.15) is 0 Å². The summed E-state index contributed by atoms with van der Waals surface area (Å²) in [7, 11) is -1.49. The summed E-state index contributed by atoms with van der Waals surface area (Å²) in [5.41, 5.74) is 2.18. The van der Waals surface area contributed by atoms with Crippen LogP contribution in [0.3, 0.4) is 0 Å². The molecule has 0 aliphatic heterocycles. The minimum Gasteiger partial charge on any atom is -0.414 e. The Kier molecular flexibility index (Phi) is 4.16. The highest BCUT2D eigenvalue weighted by molar-refractivity contribution is 6.69. The van der Waals surface area contributed by atoms with Crippen molar-refractivity contribution in [3.63, 3.8) is 0 Å². The van der Waals surface area contributed by atoms with E-state index in [1.807, 2.05) is 6.08 Å². The molecule has 6 atom stereocenters. The summed E-state index contributed by atoms with van der Waals surface area (Å²) >= 11 is 0. The highest BCUT2D eigenvalue weighted by atomic mass is 28.4. The van der Waals surface area contributed by atoms with Gasteiger partial charge < -0.3 is 4.43 Å². The summed E-state index contributed by atoms with van der Waals surface area (Å²) in [4.78, 5) is 11.9. The average molecular weight is 361 g/mol. The van der Waals surface area contributed by atoms with Gasteiger partial charge in [0.05, 0.1) is 6.10 Å². The highest BCUT2D eigenvalue weighted by Crippen LogP contribution is 2.65. The summed E-state index contributed by atoms with van der Waals surface area (Å²) in [6.07, 6.45) is 12.1. The minimum absolute atomic E-state index is 0.301. The first-order chi connectivity index (χ1) is 11.6. The topological polar surface area (TPSA) is 26.3 Å². The van der Waals surface area contributed by atoms with Crippen molar-refractivity contribution in [2.45, 2.75) is 91.0 Å². The van der Waals surface area contributed by atoms with E-state index in [4.69, 9.17) is 4.43 Å². The molecule has 3 saturated carbocycles. The van der Waals surface area contributed by atoms with Gasteiger partial charge in [-0.1, -0.05) is 19.4 Å². The summed E-state index contributed by atoms with van der Waals surface area (Å²) in [6.45, 7) is 12.0. The molecule has 4 rings (SSSR count). The fourth-order valence-electron chi connectivity index (χ4n) is 7.13. The van der Waals surface area contributed by atoms with Crippen molar-refractivity contribution in [2.24, 2.45) is 28.6 Å². The second-order valence-electron chi connectivity index (χ2n) is 10.8. The zero-order valence-electron chi connectivity index (χ0n) is 16.9. The molecular formula is C22H36O2Si. The molecule has 0 aromatic carbocycles. The molecule has 0 spiro atoms. The molecule has 4 aliphatic carbocycles. The molecule has 0 N–H and O–H groups in total. The predicted molar refractivity (Wildman–Crippen MR) is 105 cm³/mol. The SMILES string of the molecule is CC12CCC(=O)C=C1CCC1C2CCC2(C)C1CC[C@@H]2O[Si](C)(C)C. The van der Waals surface area contributed by atoms with Crippen molar-refractivity contribution in [1.82, 2.24) is 0 Å². The second-order valence-corrected chi connectivity index (χ2v) is 15.3. The molecule has 0 bridgehead atoms. The van der Waals surface area contributed by atoms with Crippen LogP contribution in [0.15, 0.2) is 11.6 Å². The molecule has 3 heteroatoms. The zero-order valence-corrected chi connectivity index (χ0v) is 17.9. The van der Waals surface area contributed by atoms with E-state index in [9.17, 15) is 4.79 Å². The smallest absolute Gasteiger partial charge is 0.184 e. The van der Waals surface area contributed by atoms with Gasteiger partial charge in [-0.3, -0.25) is 4.79 Å². The number of fused-ring (bicyclic) bond motifs is 5. The number of allylic oxidation sites excluding steroid dienone is 1. The first-order valence-corrected chi connectivity index (χ1v) is 14.0. The fraction of sp³-hybridized carbons (Fsp3) is 0.864. The Labute approximate surface area is 154 Å². The van der Waals surface area contributed by atoms with E-state index < -0.39 is 8.32 Å². The van der Waals surface area contributed by atoms with E-state index >= 15 is 0 Å². The van der Waals surface area contributed by atoms with Crippen molar-refractivity contribution in [1.29, 1.82) is 0 Å². The molecule has 4 aliphatic rings. The fourth-order valence-corrected chi connectivity index (χ4v) is 8.37. The monoisotopic (exact) mass is 360 g/mol. The third kappa shape index (κ3) is 2.81. The maximum atomic E-state index is 11.9. The van der Waals surface area contributed by atoms with Crippen LogP contribution in [0.25, 0.3) is 0 Å². The van der Waals surface area contributed by atoms with Gasteiger partial charge in [0.2, 0.25) is 0 Å². The van der Waals surface area contributed by atoms with Crippen LogP contribution in [0.1, 0.15) is 65.2 Å². The normalized spacial score (nSPS) is 46.9. The molecule has 0 amide bonds. The molecule has 0 heterocycles. The maximum absolute atomic E-state index is 11.9. The van der Waals surface area contributed by atoms with Gasteiger partial charge in [0.25, 0.3) is 0 Å². The van der Waals surface area contributed by atoms with Gasteiger partial charge in [-0.25, -0.2) is 0 Å². The van der Waals surface area contributed by atoms with E-state index in [-0.39, 0.29) is 0 Å². The Bertz CT molecular complexity index is 604. The second kappa shape index (κ2) is 5.79. The summed E-state index contributed by atoms with van der Waals surface area (Å²) in [5.74, 6) is 2.85. The minimum atomic E-state index is -1.49. The number of rotatable bonds is 2. The van der Waals surface area contributed by atoms with Crippen LogP contribution in [0, 0.1) is 28.6 Å². The van der Waals surface area contributed by atoms with Crippen LogP contribution in [0.4, 0.5) is 0 Å². The van der Waals surface area contributed by atoms with Crippen molar-refractivity contribution >= 4 is 14.1 Å². The number of carbonyl (C=O) groups is 1. The van der Waals surface area contributed by atoms with Gasteiger partial charge in [0, 0.05) is 6.42 Å². The maximum Gasteiger partial charge on any atom is 0.184 e. The van der Waals surface area contributed by atoms with Crippen molar-refractivity contribution in [3.05, 3.63) is 11.6 Å². The van der Waals surface area contributed by atoms with Gasteiger partial charge in [-0.05, 0) is 99.2 Å². The van der Waals surface area contributed by atoms with Crippen molar-refractivity contribution < 1.29 is 9.22 Å². The van der Waals surface area contributed by atoms with E-state index in [2.05, 4.69) is 33.5 Å². The van der Waals surface area contributed by atoms with Gasteiger partial charge >= 0.3 is 0 Å². The molecule has 0 saturated heterocycles. The quantitative estimate of drug-likeness (QED) is 0.587. The standard InChI is InChI=1S/C22H36O2Si/c1-21-12-10-16(23)14-15(21)6-7-17-18-8-9-20(24-25(3,4)5)22(18,2)13-11-19(17)21/h14,17-20H,6-13H2,1-5H3/t17?,18?,19?,20-,21?,22?/m0/s1. The molecule has 0 radical (unpaired) electrons. The van der Waals surface area contributed by atoms with E-state index in [0.29, 0.717) is 22.7 Å². The Balaban J connectivity index is 1.60. The lowest BCUT2D eigenvalue weighted by Gasteiger charge is -2.58. The molecule has 5 unspecified atom stereocenters. The number of ketones is 1. The highest BCUT2D eigenvalue weighted by Gasteiger charge is 2.59. The third-order valence-electron chi connectivity index (χ3n) is 8.37. The Hall–Kier alpha value is -0.413. The molecule has 3 fully saturated rings. The molecule has 0 aromatic rings. The average Bonchev–Trinajstić information content (AvgIpc) is 2.83. The Morgan fingerprint density at radius 1 is 1.00 bits per heavy atom. The first kappa shape index (κ1) is 18.0. The number of hydrogen-bond acceptors (Lipinski definition) is 2. The Morgan fingerprint density at radius 2 is 1.76 bits per heavy atom. The van der Waals surface area contributed by atoms with Crippen LogP contribution < -0.4 is 0 Å². The Morgan fingerprint density at radius 3 is 2.48 bits per heavy atom. The van der Waals surface area contributed by atoms with Crippen LogP contribution in [0.2, 0.25) is 19.6 Å². The van der Waals surface area contributed by atoms with E-state index in [1.54, 1.807) is 0 Å². The van der Waals surface area contributed by atoms with Crippen LogP contribution in [0.5, 0.6) is 0 Å². The summed E-state index contributed by atoms with van der Waals surface area (Å²) < 4.78 is 6.68. The molecule has 2 nitrogen and oxygen atoms in total.